The maximum atomic E-state index is 13.5. The molecule has 0 amide bonds. The fraction of sp³-hybridized carbons (Fsp3) is 0.346. The number of esters is 1. The van der Waals surface area contributed by atoms with Gasteiger partial charge in [0, 0.05) is 11.4 Å². The first-order valence-electron chi connectivity index (χ1n) is 11.7. The number of allylic oxidation sites excluding steroid dienone is 1. The second-order valence-corrected chi connectivity index (χ2v) is 10.0. The molecule has 36 heavy (non-hydrogen) atoms. The van der Waals surface area contributed by atoms with Crippen LogP contribution in [-0.2, 0) is 16.1 Å². The molecule has 4 rings (SSSR count). The van der Waals surface area contributed by atoms with E-state index in [1.165, 1.54) is 0 Å². The monoisotopic (exact) mass is 572 g/mol. The van der Waals surface area contributed by atoms with E-state index in [1.54, 1.807) is 23.6 Å². The molecular formula is C26H29BrN4O4S. The number of hydrogen-bond donors (Lipinski definition) is 1. The molecule has 1 N–H and O–H groups in total. The van der Waals surface area contributed by atoms with E-state index in [-0.39, 0.29) is 6.61 Å². The number of hydrogen-bond acceptors (Lipinski definition) is 8. The van der Waals surface area contributed by atoms with E-state index < -0.39 is 12.0 Å². The van der Waals surface area contributed by atoms with Gasteiger partial charge in [0.1, 0.15) is 12.6 Å². The van der Waals surface area contributed by atoms with Crippen LogP contribution in [0.25, 0.3) is 0 Å². The first kappa shape index (κ1) is 26.1. The zero-order valence-electron chi connectivity index (χ0n) is 20.7. The first-order valence-corrected chi connectivity index (χ1v) is 13.5. The van der Waals surface area contributed by atoms with E-state index in [4.69, 9.17) is 19.3 Å². The minimum Gasteiger partial charge on any atom is -0.493 e. The maximum absolute atomic E-state index is 13.5. The molecule has 190 valence electrons. The SMILES string of the molecule is CCCSc1nc2n(n1)C(c1cc(Br)c(OCC)c(OC)c1)C(C(=O)OCc1ccccc1)=C(C)N2. The molecule has 0 fully saturated rings. The minimum absolute atomic E-state index is 0.168. The van der Waals surface area contributed by atoms with Gasteiger partial charge in [-0.05, 0) is 59.5 Å². The fourth-order valence-corrected chi connectivity index (χ4v) is 5.20. The summed E-state index contributed by atoms with van der Waals surface area (Å²) in [6, 6.07) is 12.8. The number of anilines is 1. The first-order chi connectivity index (χ1) is 17.5. The number of aromatic nitrogens is 3. The quantitative estimate of drug-likeness (QED) is 0.234. The number of thioether (sulfide) groups is 1. The molecule has 1 unspecified atom stereocenters. The van der Waals surface area contributed by atoms with Crippen LogP contribution in [0.5, 0.6) is 11.5 Å². The Bertz CT molecular complexity index is 1260. The Morgan fingerprint density at radius 1 is 1.22 bits per heavy atom. The molecule has 0 saturated carbocycles. The second-order valence-electron chi connectivity index (χ2n) is 8.11. The number of methoxy groups -OCH3 is 1. The molecule has 0 saturated heterocycles. The molecule has 8 nitrogen and oxygen atoms in total. The van der Waals surface area contributed by atoms with E-state index in [1.807, 2.05) is 56.3 Å². The van der Waals surface area contributed by atoms with Gasteiger partial charge >= 0.3 is 5.97 Å². The third-order valence-corrected chi connectivity index (χ3v) is 7.19. The lowest BCUT2D eigenvalue weighted by Gasteiger charge is -2.28. The molecule has 2 aromatic carbocycles. The highest BCUT2D eigenvalue weighted by Crippen LogP contribution is 2.43. The van der Waals surface area contributed by atoms with Crippen LogP contribution in [0.1, 0.15) is 44.4 Å². The molecule has 0 bridgehead atoms. The number of nitrogens with zero attached hydrogens (tertiary/aromatic N) is 3. The van der Waals surface area contributed by atoms with Gasteiger partial charge in [0.2, 0.25) is 11.1 Å². The molecule has 1 aromatic heterocycles. The predicted octanol–water partition coefficient (Wildman–Crippen LogP) is 5.98. The summed E-state index contributed by atoms with van der Waals surface area (Å²) < 4.78 is 19.6. The van der Waals surface area contributed by atoms with Crippen LogP contribution in [0.2, 0.25) is 0 Å². The van der Waals surface area contributed by atoms with Gasteiger partial charge in [-0.2, -0.15) is 4.98 Å². The fourth-order valence-electron chi connectivity index (χ4n) is 3.94. The molecule has 10 heteroatoms. The van der Waals surface area contributed by atoms with Crippen LogP contribution >= 0.6 is 27.7 Å². The van der Waals surface area contributed by atoms with Crippen molar-refractivity contribution in [1.29, 1.82) is 0 Å². The highest BCUT2D eigenvalue weighted by Gasteiger charge is 2.36. The van der Waals surface area contributed by atoms with E-state index in [0.29, 0.717) is 45.0 Å². The van der Waals surface area contributed by atoms with Crippen molar-refractivity contribution in [2.24, 2.45) is 0 Å². The summed E-state index contributed by atoms with van der Waals surface area (Å²) in [5.41, 5.74) is 2.81. The normalized spacial score (nSPS) is 14.8. The van der Waals surface area contributed by atoms with Gasteiger partial charge in [-0.25, -0.2) is 9.48 Å². The molecule has 0 aliphatic carbocycles. The third-order valence-electron chi connectivity index (χ3n) is 5.56. The van der Waals surface area contributed by atoms with Gasteiger partial charge in [0.05, 0.1) is 23.8 Å². The Hall–Kier alpha value is -2.98. The summed E-state index contributed by atoms with van der Waals surface area (Å²) >= 11 is 5.19. The second kappa shape index (κ2) is 11.8. The maximum Gasteiger partial charge on any atom is 0.338 e. The number of halogens is 1. The Balaban J connectivity index is 1.77. The van der Waals surface area contributed by atoms with Crippen LogP contribution in [0, 0.1) is 0 Å². The summed E-state index contributed by atoms with van der Waals surface area (Å²) in [6.45, 7) is 6.53. The van der Waals surface area contributed by atoms with Gasteiger partial charge in [0.25, 0.3) is 0 Å². The molecule has 0 spiro atoms. The Kier molecular flexibility index (Phi) is 8.58. The molecular weight excluding hydrogens is 544 g/mol. The highest BCUT2D eigenvalue weighted by atomic mass is 79.9. The summed E-state index contributed by atoms with van der Waals surface area (Å²) in [5, 5.41) is 8.65. The van der Waals surface area contributed by atoms with E-state index in [9.17, 15) is 4.79 Å². The lowest BCUT2D eigenvalue weighted by Crippen LogP contribution is -2.29. The minimum atomic E-state index is -0.575. The lowest BCUT2D eigenvalue weighted by atomic mass is 9.95. The molecule has 3 aromatic rings. The number of fused-ring (bicyclic) bond motifs is 1. The molecule has 1 aliphatic heterocycles. The van der Waals surface area contributed by atoms with Gasteiger partial charge in [-0.3, -0.25) is 0 Å². The van der Waals surface area contributed by atoms with Crippen LogP contribution in [0.3, 0.4) is 0 Å². The van der Waals surface area contributed by atoms with Crippen LogP contribution in [-0.4, -0.2) is 40.2 Å². The van der Waals surface area contributed by atoms with Crippen molar-refractivity contribution >= 4 is 39.6 Å². The largest absolute Gasteiger partial charge is 0.493 e. The zero-order valence-corrected chi connectivity index (χ0v) is 23.1. The summed E-state index contributed by atoms with van der Waals surface area (Å²) in [7, 11) is 1.59. The van der Waals surface area contributed by atoms with E-state index in [2.05, 4.69) is 33.2 Å². The zero-order chi connectivity index (χ0) is 25.7. The van der Waals surface area contributed by atoms with Crippen molar-refractivity contribution < 1.29 is 19.0 Å². The summed E-state index contributed by atoms with van der Waals surface area (Å²) in [6.07, 6.45) is 1.00. The number of rotatable bonds is 10. The average molecular weight is 574 g/mol. The Labute approximate surface area is 223 Å². The van der Waals surface area contributed by atoms with Crippen molar-refractivity contribution in [2.75, 3.05) is 24.8 Å². The van der Waals surface area contributed by atoms with E-state index in [0.717, 1.165) is 23.3 Å². The summed E-state index contributed by atoms with van der Waals surface area (Å²) in [4.78, 5) is 18.2. The van der Waals surface area contributed by atoms with Crippen molar-refractivity contribution in [3.63, 3.8) is 0 Å². The highest BCUT2D eigenvalue weighted by molar-refractivity contribution is 9.10. The van der Waals surface area contributed by atoms with Gasteiger partial charge in [-0.1, -0.05) is 49.0 Å². The van der Waals surface area contributed by atoms with Crippen molar-refractivity contribution in [1.82, 2.24) is 14.8 Å². The third kappa shape index (κ3) is 5.54. The number of carbonyl (C=O) groups excluding carboxylic acids is 1. The molecule has 2 heterocycles. The molecule has 1 atom stereocenters. The number of nitrogens with one attached hydrogen (secondary N) is 1. The smallest absolute Gasteiger partial charge is 0.338 e. The number of ether oxygens (including phenoxy) is 3. The predicted molar refractivity (Wildman–Crippen MR) is 144 cm³/mol. The average Bonchev–Trinajstić information content (AvgIpc) is 3.29. The standard InChI is InChI=1S/C26H29BrN4O4S/c1-5-12-36-26-29-25-28-16(3)21(24(32)35-15-17-10-8-7-9-11-17)22(31(25)30-26)18-13-19(27)23(34-6-2)20(14-18)33-4/h7-11,13-14,22H,5-6,12,15H2,1-4H3,(H,28,29,30). The van der Waals surface area contributed by atoms with E-state index >= 15 is 0 Å². The lowest BCUT2D eigenvalue weighted by molar-refractivity contribution is -0.140. The van der Waals surface area contributed by atoms with Crippen LogP contribution in [0.4, 0.5) is 5.95 Å². The van der Waals surface area contributed by atoms with Crippen molar-refractivity contribution in [3.05, 3.63) is 69.3 Å². The van der Waals surface area contributed by atoms with Crippen LogP contribution in [0.15, 0.2) is 63.4 Å². The topological polar surface area (TPSA) is 87.5 Å². The van der Waals surface area contributed by atoms with Gasteiger partial charge in [-0.15, -0.1) is 5.10 Å². The Morgan fingerprint density at radius 2 is 2.00 bits per heavy atom. The van der Waals surface area contributed by atoms with Crippen molar-refractivity contribution in [2.45, 2.75) is 45.0 Å². The Morgan fingerprint density at radius 3 is 2.69 bits per heavy atom. The molecule has 0 radical (unpaired) electrons. The summed E-state index contributed by atoms with van der Waals surface area (Å²) in [5.74, 6) is 2.19. The number of carbonyl (C=O) groups is 1. The van der Waals surface area contributed by atoms with Gasteiger partial charge < -0.3 is 19.5 Å². The van der Waals surface area contributed by atoms with Crippen LogP contribution < -0.4 is 14.8 Å². The number of benzene rings is 2. The van der Waals surface area contributed by atoms with Crippen molar-refractivity contribution in [3.8, 4) is 11.5 Å². The van der Waals surface area contributed by atoms with Gasteiger partial charge in [0.15, 0.2) is 11.5 Å². The molecule has 1 aliphatic rings.